The number of hydrogen-bond donors (Lipinski definition) is 1. The van der Waals surface area contributed by atoms with Crippen molar-refractivity contribution in [2.24, 2.45) is 0 Å². The topological polar surface area (TPSA) is 84.9 Å². The minimum atomic E-state index is -0.683. The Balaban J connectivity index is 1.77. The maximum Gasteiger partial charge on any atom is 0.294 e. The van der Waals surface area contributed by atoms with Crippen molar-refractivity contribution in [1.29, 1.82) is 0 Å². The second kappa shape index (κ2) is 9.31. The molecule has 2 aromatic carbocycles. The van der Waals surface area contributed by atoms with E-state index in [-0.39, 0.29) is 10.6 Å². The van der Waals surface area contributed by atoms with Gasteiger partial charge in [-0.3, -0.25) is 19.3 Å². The Morgan fingerprint density at radius 1 is 1.23 bits per heavy atom. The molecule has 0 radical (unpaired) electrons. The van der Waals surface area contributed by atoms with Crippen LogP contribution in [0.15, 0.2) is 45.8 Å². The number of rotatable bonds is 6. The molecule has 7 nitrogen and oxygen atoms in total. The van der Waals surface area contributed by atoms with Gasteiger partial charge in [0.15, 0.2) is 11.5 Å². The van der Waals surface area contributed by atoms with Crippen molar-refractivity contribution in [2.75, 3.05) is 26.1 Å². The predicted molar refractivity (Wildman–Crippen MR) is 115 cm³/mol. The third-order valence-corrected chi connectivity index (χ3v) is 5.57. The summed E-state index contributed by atoms with van der Waals surface area (Å²) in [6.45, 7) is -0.522. The van der Waals surface area contributed by atoms with E-state index in [4.69, 9.17) is 9.47 Å². The number of benzene rings is 2. The van der Waals surface area contributed by atoms with E-state index in [1.807, 2.05) is 0 Å². The van der Waals surface area contributed by atoms with E-state index in [2.05, 4.69) is 21.2 Å². The van der Waals surface area contributed by atoms with Crippen molar-refractivity contribution < 1.29 is 28.2 Å². The van der Waals surface area contributed by atoms with Crippen LogP contribution in [0.25, 0.3) is 6.08 Å². The minimum Gasteiger partial charge on any atom is -0.493 e. The second-order valence-electron chi connectivity index (χ2n) is 6.03. The zero-order chi connectivity index (χ0) is 21.8. The molecule has 3 amide bonds. The van der Waals surface area contributed by atoms with Crippen LogP contribution in [0.1, 0.15) is 5.56 Å². The van der Waals surface area contributed by atoms with Gasteiger partial charge in [-0.15, -0.1) is 0 Å². The highest BCUT2D eigenvalue weighted by molar-refractivity contribution is 9.10. The van der Waals surface area contributed by atoms with E-state index in [9.17, 15) is 18.8 Å². The fraction of sp³-hybridized carbons (Fsp3) is 0.150. The third-order valence-electron chi connectivity index (χ3n) is 4.08. The monoisotopic (exact) mass is 494 g/mol. The van der Waals surface area contributed by atoms with Crippen LogP contribution in [0.4, 0.5) is 14.9 Å². The molecular weight excluding hydrogens is 479 g/mol. The van der Waals surface area contributed by atoms with E-state index < -0.39 is 29.4 Å². The number of carbonyl (C=O) groups excluding carboxylic acids is 3. The molecule has 1 N–H and O–H groups in total. The summed E-state index contributed by atoms with van der Waals surface area (Å²) in [6.07, 6.45) is 1.52. The molecule has 1 fully saturated rings. The molecule has 3 rings (SSSR count). The third kappa shape index (κ3) is 4.65. The normalized spacial score (nSPS) is 14.9. The van der Waals surface area contributed by atoms with Crippen LogP contribution in [0, 0.1) is 5.82 Å². The largest absolute Gasteiger partial charge is 0.493 e. The summed E-state index contributed by atoms with van der Waals surface area (Å²) in [5.41, 5.74) is 0.570. The number of nitrogens with zero attached hydrogens (tertiary/aromatic N) is 1. The van der Waals surface area contributed by atoms with Crippen LogP contribution >= 0.6 is 27.7 Å². The van der Waals surface area contributed by atoms with Crippen LogP contribution in [0.2, 0.25) is 0 Å². The molecule has 30 heavy (non-hydrogen) atoms. The van der Waals surface area contributed by atoms with Gasteiger partial charge in [-0.2, -0.15) is 0 Å². The summed E-state index contributed by atoms with van der Waals surface area (Å²) in [7, 11) is 2.98. The number of hydrogen-bond acceptors (Lipinski definition) is 6. The highest BCUT2D eigenvalue weighted by atomic mass is 79.9. The van der Waals surface area contributed by atoms with Crippen molar-refractivity contribution in [2.45, 2.75) is 0 Å². The lowest BCUT2D eigenvalue weighted by Gasteiger charge is -2.13. The van der Waals surface area contributed by atoms with Crippen LogP contribution in [0.3, 0.4) is 0 Å². The number of para-hydroxylation sites is 1. The maximum atomic E-state index is 13.7. The van der Waals surface area contributed by atoms with Gasteiger partial charge in [-0.1, -0.05) is 12.1 Å². The first kappa shape index (κ1) is 21.8. The van der Waals surface area contributed by atoms with Crippen LogP contribution in [0.5, 0.6) is 11.5 Å². The van der Waals surface area contributed by atoms with Crippen LogP contribution in [-0.2, 0) is 9.59 Å². The summed E-state index contributed by atoms with van der Waals surface area (Å²) < 4.78 is 24.8. The fourth-order valence-electron chi connectivity index (χ4n) is 2.70. The lowest BCUT2D eigenvalue weighted by Crippen LogP contribution is -2.36. The number of carbonyl (C=O) groups is 3. The number of ether oxygens (including phenoxy) is 2. The molecule has 1 aliphatic rings. The van der Waals surface area contributed by atoms with Gasteiger partial charge >= 0.3 is 0 Å². The first-order valence-corrected chi connectivity index (χ1v) is 10.2. The van der Waals surface area contributed by atoms with Gasteiger partial charge in [-0.05, 0) is 63.6 Å². The van der Waals surface area contributed by atoms with Gasteiger partial charge in [-0.25, -0.2) is 4.39 Å². The molecule has 0 bridgehead atoms. The summed E-state index contributed by atoms with van der Waals surface area (Å²) in [4.78, 5) is 38.0. The molecule has 0 saturated carbocycles. The average molecular weight is 495 g/mol. The van der Waals surface area contributed by atoms with Gasteiger partial charge in [0.1, 0.15) is 12.4 Å². The van der Waals surface area contributed by atoms with Gasteiger partial charge in [0.2, 0.25) is 5.91 Å². The second-order valence-corrected chi connectivity index (χ2v) is 7.88. The summed E-state index contributed by atoms with van der Waals surface area (Å²) in [6, 6.07) is 8.99. The highest BCUT2D eigenvalue weighted by Gasteiger charge is 2.36. The number of methoxy groups -OCH3 is 2. The quantitative estimate of drug-likeness (QED) is 0.603. The number of anilines is 1. The number of halogens is 2. The number of thioether (sulfide) groups is 1. The van der Waals surface area contributed by atoms with Crippen molar-refractivity contribution in [3.63, 3.8) is 0 Å². The van der Waals surface area contributed by atoms with Crippen LogP contribution in [-0.4, -0.2) is 42.7 Å². The fourth-order valence-corrected chi connectivity index (χ4v) is 4.16. The van der Waals surface area contributed by atoms with Gasteiger partial charge in [0.25, 0.3) is 11.1 Å². The number of amides is 3. The average Bonchev–Trinajstić information content (AvgIpc) is 2.96. The first-order chi connectivity index (χ1) is 14.3. The highest BCUT2D eigenvalue weighted by Crippen LogP contribution is 2.38. The van der Waals surface area contributed by atoms with E-state index >= 15 is 0 Å². The molecule has 0 atom stereocenters. The molecule has 156 valence electrons. The van der Waals surface area contributed by atoms with E-state index in [0.29, 0.717) is 33.3 Å². The molecule has 2 aromatic rings. The first-order valence-electron chi connectivity index (χ1n) is 8.55. The zero-order valence-electron chi connectivity index (χ0n) is 15.9. The Kier molecular flexibility index (Phi) is 6.78. The molecule has 1 aliphatic heterocycles. The lowest BCUT2D eigenvalue weighted by molar-refractivity contribution is -0.127. The summed E-state index contributed by atoms with van der Waals surface area (Å²) in [5.74, 6) is -0.967. The van der Waals surface area contributed by atoms with Crippen LogP contribution < -0.4 is 14.8 Å². The van der Waals surface area contributed by atoms with E-state index in [1.54, 1.807) is 18.2 Å². The Morgan fingerprint density at radius 3 is 2.63 bits per heavy atom. The summed E-state index contributed by atoms with van der Waals surface area (Å²) in [5, 5.41) is 1.76. The van der Waals surface area contributed by atoms with Crippen molar-refractivity contribution in [1.82, 2.24) is 4.90 Å². The van der Waals surface area contributed by atoms with Crippen molar-refractivity contribution in [3.8, 4) is 11.5 Å². The number of nitrogens with one attached hydrogen (secondary N) is 1. The molecule has 0 spiro atoms. The molecular formula is C20H16BrFN2O5S. The molecule has 1 heterocycles. The van der Waals surface area contributed by atoms with Crippen molar-refractivity contribution in [3.05, 3.63) is 57.2 Å². The number of imide groups is 1. The summed E-state index contributed by atoms with van der Waals surface area (Å²) >= 11 is 4.08. The zero-order valence-corrected chi connectivity index (χ0v) is 18.3. The minimum absolute atomic E-state index is 0.0276. The Hall–Kier alpha value is -2.85. The van der Waals surface area contributed by atoms with Gasteiger partial charge < -0.3 is 14.8 Å². The Bertz CT molecular complexity index is 1060. The Labute approximate surface area is 184 Å². The molecule has 0 unspecified atom stereocenters. The molecule has 10 heteroatoms. The maximum absolute atomic E-state index is 13.7. The predicted octanol–water partition coefficient (Wildman–Crippen LogP) is 4.28. The Morgan fingerprint density at radius 2 is 1.97 bits per heavy atom. The standard InChI is InChI=1S/C20H16BrFN2O5S/c1-28-15-8-11(7-12(21)18(15)29-2)9-16-19(26)24(20(27)30-16)10-17(25)23-14-6-4-3-5-13(14)22/h3-9H,10H2,1-2H3,(H,23,25)/b16-9-. The van der Waals surface area contributed by atoms with Gasteiger partial charge in [0, 0.05) is 0 Å². The van der Waals surface area contributed by atoms with E-state index in [0.717, 1.165) is 4.90 Å². The van der Waals surface area contributed by atoms with Crippen molar-refractivity contribution >= 4 is 56.5 Å². The lowest BCUT2D eigenvalue weighted by atomic mass is 10.2. The molecule has 0 aromatic heterocycles. The molecule has 0 aliphatic carbocycles. The van der Waals surface area contributed by atoms with E-state index in [1.165, 1.54) is 38.5 Å². The van der Waals surface area contributed by atoms with Gasteiger partial charge in [0.05, 0.1) is 29.3 Å². The smallest absolute Gasteiger partial charge is 0.294 e. The molecule has 1 saturated heterocycles. The SMILES string of the molecule is COc1cc(/C=C2\SC(=O)N(CC(=O)Nc3ccccc3F)C2=O)cc(Br)c1OC.